The summed E-state index contributed by atoms with van der Waals surface area (Å²) in [6.07, 6.45) is 0.769. The summed E-state index contributed by atoms with van der Waals surface area (Å²) in [6.45, 7) is 6.83. The van der Waals surface area contributed by atoms with Crippen molar-refractivity contribution in [3.05, 3.63) is 64.4 Å². The van der Waals surface area contributed by atoms with Crippen LogP contribution in [0.2, 0.25) is 0 Å². The van der Waals surface area contributed by atoms with Crippen LogP contribution in [0.25, 0.3) is 0 Å². The minimum absolute atomic E-state index is 0.0278. The second-order valence-electron chi connectivity index (χ2n) is 8.75. The van der Waals surface area contributed by atoms with E-state index in [0.717, 1.165) is 5.56 Å². The van der Waals surface area contributed by atoms with Crippen LogP contribution in [0.4, 0.5) is 14.9 Å². The number of carbonyl (C=O) groups is 2. The van der Waals surface area contributed by atoms with Crippen LogP contribution in [0.15, 0.2) is 53.0 Å². The van der Waals surface area contributed by atoms with E-state index in [4.69, 9.17) is 4.74 Å². The van der Waals surface area contributed by atoms with Crippen LogP contribution in [0.1, 0.15) is 39.2 Å². The first-order valence-electron chi connectivity index (χ1n) is 10.4. The Bertz CT molecular complexity index is 922. The number of benzene rings is 2. The quantitative estimate of drug-likeness (QED) is 0.546. The summed E-state index contributed by atoms with van der Waals surface area (Å²) in [7, 11) is 0. The largest absolute Gasteiger partial charge is 0.444 e. The molecule has 0 saturated carbocycles. The van der Waals surface area contributed by atoms with Gasteiger partial charge < -0.3 is 14.5 Å². The van der Waals surface area contributed by atoms with Crippen molar-refractivity contribution in [2.45, 2.75) is 45.8 Å². The summed E-state index contributed by atoms with van der Waals surface area (Å²) in [5, 5.41) is 0. The maximum absolute atomic E-state index is 13.6. The normalized spacial score (nSPS) is 14.9. The molecule has 5 nitrogen and oxygen atoms in total. The number of amides is 2. The van der Waals surface area contributed by atoms with Crippen molar-refractivity contribution in [3.8, 4) is 0 Å². The zero-order chi connectivity index (χ0) is 22.6. The lowest BCUT2D eigenvalue weighted by Gasteiger charge is -2.35. The zero-order valence-corrected chi connectivity index (χ0v) is 19.7. The molecule has 31 heavy (non-hydrogen) atoms. The third kappa shape index (κ3) is 6.29. The topological polar surface area (TPSA) is 49.9 Å². The Labute approximate surface area is 191 Å². The highest BCUT2D eigenvalue weighted by Gasteiger charge is 2.33. The van der Waals surface area contributed by atoms with Gasteiger partial charge in [-0.25, -0.2) is 9.18 Å². The van der Waals surface area contributed by atoms with Gasteiger partial charge in [0.1, 0.15) is 11.4 Å². The van der Waals surface area contributed by atoms with E-state index in [-0.39, 0.29) is 23.7 Å². The Hall–Kier alpha value is -2.41. The first-order valence-corrected chi connectivity index (χ1v) is 11.2. The van der Waals surface area contributed by atoms with Gasteiger partial charge in [-0.15, -0.1) is 0 Å². The maximum Gasteiger partial charge on any atom is 0.410 e. The number of carbonyl (C=O) groups excluding carboxylic acids is 2. The third-order valence-corrected chi connectivity index (χ3v) is 5.78. The summed E-state index contributed by atoms with van der Waals surface area (Å²) in [4.78, 5) is 29.2. The number of rotatable bonds is 4. The molecule has 1 fully saturated rings. The minimum Gasteiger partial charge on any atom is -0.444 e. The van der Waals surface area contributed by atoms with Crippen LogP contribution >= 0.6 is 15.9 Å². The van der Waals surface area contributed by atoms with Crippen molar-refractivity contribution in [1.29, 1.82) is 0 Å². The van der Waals surface area contributed by atoms with Gasteiger partial charge in [0.05, 0.1) is 12.2 Å². The summed E-state index contributed by atoms with van der Waals surface area (Å²) in [5.41, 5.74) is 1.06. The molecule has 0 radical (unpaired) electrons. The molecule has 3 rings (SSSR count). The summed E-state index contributed by atoms with van der Waals surface area (Å²) >= 11 is 3.41. The monoisotopic (exact) mass is 490 g/mol. The molecule has 0 unspecified atom stereocenters. The number of hydrogen-bond acceptors (Lipinski definition) is 3. The molecule has 1 aliphatic heterocycles. The number of anilines is 1. The van der Waals surface area contributed by atoms with Crippen molar-refractivity contribution in [1.82, 2.24) is 4.90 Å². The van der Waals surface area contributed by atoms with Gasteiger partial charge in [-0.1, -0.05) is 30.3 Å². The van der Waals surface area contributed by atoms with Crippen LogP contribution in [-0.2, 0) is 16.1 Å². The number of nitrogens with zero attached hydrogens (tertiary/aromatic N) is 2. The molecule has 0 spiro atoms. The van der Waals surface area contributed by atoms with E-state index in [1.165, 1.54) is 12.1 Å². The van der Waals surface area contributed by atoms with E-state index in [1.807, 2.05) is 51.1 Å². The van der Waals surface area contributed by atoms with E-state index < -0.39 is 5.60 Å². The molecule has 2 amide bonds. The molecule has 0 N–H and O–H groups in total. The Balaban J connectivity index is 1.75. The molecule has 0 aromatic heterocycles. The number of piperidine rings is 1. The highest BCUT2D eigenvalue weighted by atomic mass is 79.9. The van der Waals surface area contributed by atoms with E-state index in [1.54, 1.807) is 15.9 Å². The van der Waals surface area contributed by atoms with Crippen LogP contribution in [0.5, 0.6) is 0 Å². The summed E-state index contributed by atoms with van der Waals surface area (Å²) in [5.74, 6) is -0.618. The zero-order valence-electron chi connectivity index (χ0n) is 18.1. The molecule has 2 aromatic rings. The molecule has 2 aromatic carbocycles. The fraction of sp³-hybridized carbons (Fsp3) is 0.417. The number of likely N-dealkylation sites (tertiary alicyclic amines) is 1. The van der Waals surface area contributed by atoms with Gasteiger partial charge in [-0.2, -0.15) is 0 Å². The Morgan fingerprint density at radius 2 is 1.77 bits per heavy atom. The molecule has 1 heterocycles. The first kappa shape index (κ1) is 23.3. The van der Waals surface area contributed by atoms with Crippen molar-refractivity contribution >= 4 is 33.6 Å². The van der Waals surface area contributed by atoms with Crippen LogP contribution < -0.4 is 4.90 Å². The van der Waals surface area contributed by atoms with Gasteiger partial charge in [0.25, 0.3) is 0 Å². The second kappa shape index (κ2) is 9.81. The van der Waals surface area contributed by atoms with Crippen molar-refractivity contribution < 1.29 is 18.7 Å². The number of halogens is 2. The Morgan fingerprint density at radius 1 is 1.13 bits per heavy atom. The van der Waals surface area contributed by atoms with Gasteiger partial charge >= 0.3 is 6.09 Å². The molecule has 7 heteroatoms. The molecule has 0 aliphatic carbocycles. The van der Waals surface area contributed by atoms with E-state index >= 15 is 0 Å². The molecule has 1 aliphatic rings. The standard InChI is InChI=1S/C24H28BrFN2O3/c1-24(2,3)31-23(30)27-13-11-18(12-14-27)22(29)28(16-17-7-5-4-6-8-17)21-10-9-19(26)15-20(21)25/h4-10,15,18H,11-14,16H2,1-3H3. The summed E-state index contributed by atoms with van der Waals surface area (Å²) < 4.78 is 19.6. The Kier molecular flexibility index (Phi) is 7.36. The smallest absolute Gasteiger partial charge is 0.410 e. The average molecular weight is 491 g/mol. The van der Waals surface area contributed by atoms with Gasteiger partial charge in [0.2, 0.25) is 5.91 Å². The maximum atomic E-state index is 13.6. The lowest BCUT2D eigenvalue weighted by atomic mass is 9.95. The van der Waals surface area contributed by atoms with Crippen molar-refractivity contribution in [3.63, 3.8) is 0 Å². The fourth-order valence-corrected chi connectivity index (χ4v) is 4.17. The van der Waals surface area contributed by atoms with E-state index in [0.29, 0.717) is 42.6 Å². The molecule has 1 saturated heterocycles. The molecular formula is C24H28BrFN2O3. The van der Waals surface area contributed by atoms with Gasteiger partial charge in [0, 0.05) is 23.5 Å². The van der Waals surface area contributed by atoms with Gasteiger partial charge in [-0.05, 0) is 73.3 Å². The molecule has 166 valence electrons. The summed E-state index contributed by atoms with van der Waals surface area (Å²) in [6, 6.07) is 14.0. The molecule has 0 atom stereocenters. The highest BCUT2D eigenvalue weighted by molar-refractivity contribution is 9.10. The number of ether oxygens (including phenoxy) is 1. The highest BCUT2D eigenvalue weighted by Crippen LogP contribution is 2.31. The number of hydrogen-bond donors (Lipinski definition) is 0. The van der Waals surface area contributed by atoms with E-state index in [9.17, 15) is 14.0 Å². The lowest BCUT2D eigenvalue weighted by molar-refractivity contribution is -0.124. The first-order chi connectivity index (χ1) is 14.6. The molecule has 0 bridgehead atoms. The fourth-order valence-electron chi connectivity index (χ4n) is 3.60. The molecular weight excluding hydrogens is 463 g/mol. The third-order valence-electron chi connectivity index (χ3n) is 5.15. The average Bonchev–Trinajstić information content (AvgIpc) is 2.72. The Morgan fingerprint density at radius 3 is 2.35 bits per heavy atom. The van der Waals surface area contributed by atoms with E-state index in [2.05, 4.69) is 15.9 Å². The SMILES string of the molecule is CC(C)(C)OC(=O)N1CCC(C(=O)N(Cc2ccccc2)c2ccc(F)cc2Br)CC1. The van der Waals surface area contributed by atoms with Crippen molar-refractivity contribution in [2.24, 2.45) is 5.92 Å². The van der Waals surface area contributed by atoms with Crippen molar-refractivity contribution in [2.75, 3.05) is 18.0 Å². The van der Waals surface area contributed by atoms with Crippen LogP contribution in [-0.4, -0.2) is 35.6 Å². The van der Waals surface area contributed by atoms with Gasteiger partial charge in [-0.3, -0.25) is 4.79 Å². The van der Waals surface area contributed by atoms with Crippen LogP contribution in [0.3, 0.4) is 0 Å². The minimum atomic E-state index is -0.551. The van der Waals surface area contributed by atoms with Gasteiger partial charge in [0.15, 0.2) is 0 Å². The van der Waals surface area contributed by atoms with Crippen LogP contribution in [0, 0.1) is 11.7 Å². The predicted molar refractivity (Wildman–Crippen MR) is 122 cm³/mol. The lowest BCUT2D eigenvalue weighted by Crippen LogP contribution is -2.45. The second-order valence-corrected chi connectivity index (χ2v) is 9.60. The predicted octanol–water partition coefficient (Wildman–Crippen LogP) is 5.77.